The average molecular weight is 333 g/mol. The normalized spacial score (nSPS) is 11.1. The molecule has 0 aliphatic heterocycles. The van der Waals surface area contributed by atoms with Crippen molar-refractivity contribution in [1.82, 2.24) is 9.38 Å². The zero-order valence-corrected chi connectivity index (χ0v) is 14.2. The van der Waals surface area contributed by atoms with Crippen molar-refractivity contribution in [3.63, 3.8) is 0 Å². The molecule has 0 spiro atoms. The Hall–Kier alpha value is -2.58. The molecule has 0 aliphatic rings. The summed E-state index contributed by atoms with van der Waals surface area (Å²) in [6.45, 7) is 2.10. The quantitative estimate of drug-likeness (QED) is 0.480. The van der Waals surface area contributed by atoms with Crippen molar-refractivity contribution in [3.05, 3.63) is 94.8 Å². The van der Waals surface area contributed by atoms with Crippen LogP contribution in [0, 0.1) is 6.92 Å². The van der Waals surface area contributed by atoms with Crippen molar-refractivity contribution in [1.29, 1.82) is 0 Å². The Kier molecular flexibility index (Phi) is 3.83. The summed E-state index contributed by atoms with van der Waals surface area (Å²) in [4.78, 5) is 4.87. The second-order valence-electron chi connectivity index (χ2n) is 6.01. The van der Waals surface area contributed by atoms with Gasteiger partial charge in [0.1, 0.15) is 5.65 Å². The fourth-order valence-corrected chi connectivity index (χ4v) is 3.25. The first-order valence-electron chi connectivity index (χ1n) is 7.98. The lowest BCUT2D eigenvalue weighted by Crippen LogP contribution is -1.97. The number of nitrogens with zero attached hydrogens (tertiary/aromatic N) is 2. The van der Waals surface area contributed by atoms with E-state index in [1.54, 1.807) is 0 Å². The van der Waals surface area contributed by atoms with Crippen molar-refractivity contribution in [2.45, 2.75) is 13.3 Å². The fraction of sp³-hybridized carbons (Fsp3) is 0.0952. The summed E-state index contributed by atoms with van der Waals surface area (Å²) in [5.41, 5.74) is 6.71. The van der Waals surface area contributed by atoms with Crippen molar-refractivity contribution in [2.24, 2.45) is 0 Å². The maximum atomic E-state index is 6.16. The van der Waals surface area contributed by atoms with Crippen LogP contribution >= 0.6 is 11.6 Å². The predicted molar refractivity (Wildman–Crippen MR) is 99.6 cm³/mol. The van der Waals surface area contributed by atoms with E-state index in [4.69, 9.17) is 16.6 Å². The summed E-state index contributed by atoms with van der Waals surface area (Å²) in [5, 5.41) is 0.763. The molecule has 0 bridgehead atoms. The number of halogens is 1. The molecule has 2 aromatic heterocycles. The van der Waals surface area contributed by atoms with Gasteiger partial charge >= 0.3 is 0 Å². The second-order valence-corrected chi connectivity index (χ2v) is 6.45. The largest absolute Gasteiger partial charge is 0.303 e. The Morgan fingerprint density at radius 1 is 0.958 bits per heavy atom. The Balaban J connectivity index is 1.92. The maximum Gasteiger partial charge on any atom is 0.137 e. The third kappa shape index (κ3) is 2.81. The number of fused-ring (bicyclic) bond motifs is 1. The third-order valence-corrected chi connectivity index (χ3v) is 4.41. The number of benzene rings is 2. The van der Waals surface area contributed by atoms with Gasteiger partial charge in [-0.2, -0.15) is 0 Å². The van der Waals surface area contributed by atoms with Gasteiger partial charge in [-0.3, -0.25) is 0 Å². The predicted octanol–water partition coefficient (Wildman–Crippen LogP) is 5.55. The van der Waals surface area contributed by atoms with Gasteiger partial charge in [0.15, 0.2) is 0 Å². The van der Waals surface area contributed by atoms with Gasteiger partial charge < -0.3 is 4.40 Å². The van der Waals surface area contributed by atoms with E-state index in [2.05, 4.69) is 47.9 Å². The Morgan fingerprint density at radius 3 is 2.58 bits per heavy atom. The number of pyridine rings is 1. The van der Waals surface area contributed by atoms with E-state index >= 15 is 0 Å². The highest BCUT2D eigenvalue weighted by Crippen LogP contribution is 2.27. The summed E-state index contributed by atoms with van der Waals surface area (Å²) in [6.07, 6.45) is 2.93. The lowest BCUT2D eigenvalue weighted by Gasteiger charge is -2.07. The van der Waals surface area contributed by atoms with E-state index in [9.17, 15) is 0 Å². The van der Waals surface area contributed by atoms with Crippen LogP contribution in [-0.2, 0) is 6.42 Å². The molecule has 4 aromatic rings. The van der Waals surface area contributed by atoms with Crippen molar-refractivity contribution in [2.75, 3.05) is 0 Å². The Bertz CT molecular complexity index is 1000. The maximum absolute atomic E-state index is 6.16. The highest BCUT2D eigenvalue weighted by molar-refractivity contribution is 6.30. The van der Waals surface area contributed by atoms with Crippen molar-refractivity contribution in [3.8, 4) is 11.3 Å². The van der Waals surface area contributed by atoms with Crippen molar-refractivity contribution >= 4 is 17.2 Å². The standard InChI is InChI=1S/C21H17ClN2/c1-15-10-11-20-23-21(17-7-3-2-4-8-17)19(24(20)14-15)13-16-6-5-9-18(22)12-16/h2-12,14H,13H2,1H3. The van der Waals surface area contributed by atoms with E-state index in [1.807, 2.05) is 36.4 Å². The van der Waals surface area contributed by atoms with Gasteiger partial charge in [-0.1, -0.05) is 60.1 Å². The van der Waals surface area contributed by atoms with Crippen LogP contribution in [0.3, 0.4) is 0 Å². The van der Waals surface area contributed by atoms with Gasteiger partial charge in [0, 0.05) is 23.2 Å². The molecule has 0 atom stereocenters. The molecule has 0 radical (unpaired) electrons. The lowest BCUT2D eigenvalue weighted by atomic mass is 10.0. The van der Waals surface area contributed by atoms with Crippen LogP contribution in [0.2, 0.25) is 5.02 Å². The number of hydrogen-bond acceptors (Lipinski definition) is 1. The molecule has 2 nitrogen and oxygen atoms in total. The molecule has 0 fully saturated rings. The fourth-order valence-electron chi connectivity index (χ4n) is 3.04. The second kappa shape index (κ2) is 6.14. The molecular weight excluding hydrogens is 316 g/mol. The summed E-state index contributed by atoms with van der Waals surface area (Å²) in [6, 6.07) is 22.5. The number of imidazole rings is 1. The minimum Gasteiger partial charge on any atom is -0.303 e. The molecule has 0 saturated heterocycles. The molecule has 0 saturated carbocycles. The van der Waals surface area contributed by atoms with Gasteiger partial charge in [-0.15, -0.1) is 0 Å². The van der Waals surface area contributed by atoms with Gasteiger partial charge in [0.2, 0.25) is 0 Å². The summed E-state index contributed by atoms with van der Waals surface area (Å²) >= 11 is 6.16. The zero-order valence-electron chi connectivity index (χ0n) is 13.4. The monoisotopic (exact) mass is 332 g/mol. The average Bonchev–Trinajstić information content (AvgIpc) is 2.94. The number of rotatable bonds is 3. The van der Waals surface area contributed by atoms with E-state index in [1.165, 1.54) is 16.8 Å². The van der Waals surface area contributed by atoms with Gasteiger partial charge in [0.05, 0.1) is 11.4 Å². The molecule has 2 aromatic carbocycles. The first-order chi connectivity index (χ1) is 11.7. The molecule has 0 unspecified atom stereocenters. The van der Waals surface area contributed by atoms with Crippen LogP contribution in [0.4, 0.5) is 0 Å². The smallest absolute Gasteiger partial charge is 0.137 e. The van der Waals surface area contributed by atoms with Gasteiger partial charge in [0.25, 0.3) is 0 Å². The summed E-state index contributed by atoms with van der Waals surface area (Å²) < 4.78 is 2.19. The number of aromatic nitrogens is 2. The van der Waals surface area contributed by atoms with Crippen molar-refractivity contribution < 1.29 is 0 Å². The molecule has 3 heteroatoms. The van der Waals surface area contributed by atoms with Crippen LogP contribution in [0.25, 0.3) is 16.9 Å². The molecule has 24 heavy (non-hydrogen) atoms. The van der Waals surface area contributed by atoms with Gasteiger partial charge in [-0.25, -0.2) is 4.98 Å². The van der Waals surface area contributed by atoms with Crippen LogP contribution in [0.1, 0.15) is 16.8 Å². The van der Waals surface area contributed by atoms with E-state index in [0.29, 0.717) is 0 Å². The molecular formula is C21H17ClN2. The number of aryl methyl sites for hydroxylation is 1. The molecule has 118 valence electrons. The van der Waals surface area contributed by atoms with E-state index < -0.39 is 0 Å². The van der Waals surface area contributed by atoms with Crippen LogP contribution in [0.5, 0.6) is 0 Å². The minimum absolute atomic E-state index is 0.763. The Labute approximate surface area is 146 Å². The lowest BCUT2D eigenvalue weighted by molar-refractivity contribution is 1.02. The molecule has 0 N–H and O–H groups in total. The Morgan fingerprint density at radius 2 is 1.79 bits per heavy atom. The highest BCUT2D eigenvalue weighted by Gasteiger charge is 2.14. The number of hydrogen-bond donors (Lipinski definition) is 0. The SMILES string of the molecule is Cc1ccc2nc(-c3ccccc3)c(Cc3cccc(Cl)c3)n2c1. The van der Waals surface area contributed by atoms with Crippen LogP contribution < -0.4 is 0 Å². The third-order valence-electron chi connectivity index (χ3n) is 4.17. The van der Waals surface area contributed by atoms with Gasteiger partial charge in [-0.05, 0) is 36.2 Å². The molecule has 0 aliphatic carbocycles. The van der Waals surface area contributed by atoms with Crippen LogP contribution in [-0.4, -0.2) is 9.38 Å². The molecule has 0 amide bonds. The summed E-state index contributed by atoms with van der Waals surface area (Å²) in [7, 11) is 0. The summed E-state index contributed by atoms with van der Waals surface area (Å²) in [5.74, 6) is 0. The molecule has 2 heterocycles. The minimum atomic E-state index is 0.763. The first kappa shape index (κ1) is 15.0. The highest BCUT2D eigenvalue weighted by atomic mass is 35.5. The molecule has 4 rings (SSSR count). The first-order valence-corrected chi connectivity index (χ1v) is 8.36. The zero-order chi connectivity index (χ0) is 16.5. The van der Waals surface area contributed by atoms with E-state index in [0.717, 1.165) is 28.3 Å². The topological polar surface area (TPSA) is 17.3 Å². The van der Waals surface area contributed by atoms with E-state index in [-0.39, 0.29) is 0 Å². The van der Waals surface area contributed by atoms with Crippen LogP contribution in [0.15, 0.2) is 72.9 Å².